The number of anilines is 1. The molecule has 18 heavy (non-hydrogen) atoms. The third-order valence-electron chi connectivity index (χ3n) is 3.32. The molecule has 0 bridgehead atoms. The van der Waals surface area contributed by atoms with Crippen LogP contribution in [0.1, 0.15) is 12.8 Å². The molecule has 1 aliphatic rings. The molecule has 1 aromatic carbocycles. The smallest absolute Gasteiger partial charge is 0.326 e. The van der Waals surface area contributed by atoms with E-state index >= 15 is 0 Å². The van der Waals surface area contributed by atoms with Crippen molar-refractivity contribution in [3.8, 4) is 0 Å². The summed E-state index contributed by atoms with van der Waals surface area (Å²) in [4.78, 5) is 15.5. The Morgan fingerprint density at radius 3 is 2.83 bits per heavy atom. The Kier molecular flexibility index (Phi) is 2.63. The lowest BCUT2D eigenvalue weighted by atomic mass is 10.1. The highest BCUT2D eigenvalue weighted by molar-refractivity contribution is 5.92. The second kappa shape index (κ2) is 4.29. The number of pyridine rings is 1. The van der Waals surface area contributed by atoms with E-state index in [4.69, 9.17) is 0 Å². The predicted octanol–water partition coefficient (Wildman–Crippen LogP) is 2.51. The fourth-order valence-corrected chi connectivity index (χ4v) is 2.20. The highest BCUT2D eigenvalue weighted by Gasteiger charge is 2.36. The van der Waals surface area contributed by atoms with Gasteiger partial charge >= 0.3 is 5.97 Å². The number of aromatic nitrogens is 1. The van der Waals surface area contributed by atoms with Crippen molar-refractivity contribution >= 4 is 22.6 Å². The molecule has 1 aromatic heterocycles. The number of carbonyl (C=O) groups is 1. The second-order valence-electron chi connectivity index (χ2n) is 4.67. The lowest BCUT2D eigenvalue weighted by Crippen LogP contribution is -2.31. The zero-order valence-electron chi connectivity index (χ0n) is 9.84. The predicted molar refractivity (Wildman–Crippen MR) is 69.5 cm³/mol. The van der Waals surface area contributed by atoms with Crippen molar-refractivity contribution in [3.63, 3.8) is 0 Å². The van der Waals surface area contributed by atoms with Crippen molar-refractivity contribution in [1.82, 2.24) is 4.98 Å². The number of aliphatic carboxylic acids is 1. The SMILES string of the molecule is O=C(O)C(Nc1ccnc2ccccc12)C1CC1. The number of carboxylic acid groups (broad SMARTS) is 1. The van der Waals surface area contributed by atoms with Crippen molar-refractivity contribution in [2.75, 3.05) is 5.32 Å². The molecule has 3 rings (SSSR count). The molecule has 0 saturated heterocycles. The first kappa shape index (κ1) is 11.0. The number of hydrogen-bond acceptors (Lipinski definition) is 3. The van der Waals surface area contributed by atoms with E-state index in [-0.39, 0.29) is 5.92 Å². The Balaban J connectivity index is 1.96. The summed E-state index contributed by atoms with van der Waals surface area (Å²) in [5.41, 5.74) is 1.72. The molecule has 1 atom stereocenters. The Morgan fingerprint density at radius 1 is 1.33 bits per heavy atom. The maximum atomic E-state index is 11.2. The van der Waals surface area contributed by atoms with Gasteiger partial charge in [-0.3, -0.25) is 4.98 Å². The van der Waals surface area contributed by atoms with Crippen LogP contribution in [0.2, 0.25) is 0 Å². The summed E-state index contributed by atoms with van der Waals surface area (Å²) in [6.07, 6.45) is 3.69. The molecule has 0 aliphatic heterocycles. The molecule has 1 saturated carbocycles. The number of carboxylic acids is 1. The molecule has 0 spiro atoms. The van der Waals surface area contributed by atoms with E-state index < -0.39 is 12.0 Å². The van der Waals surface area contributed by atoms with Gasteiger partial charge in [0.15, 0.2) is 0 Å². The van der Waals surface area contributed by atoms with Crippen molar-refractivity contribution in [3.05, 3.63) is 36.5 Å². The summed E-state index contributed by atoms with van der Waals surface area (Å²) in [6, 6.07) is 9.08. The summed E-state index contributed by atoms with van der Waals surface area (Å²) >= 11 is 0. The van der Waals surface area contributed by atoms with E-state index in [1.807, 2.05) is 30.3 Å². The molecular formula is C14H14N2O2. The minimum atomic E-state index is -0.779. The molecule has 0 radical (unpaired) electrons. The summed E-state index contributed by atoms with van der Waals surface area (Å²) in [5.74, 6) is -0.521. The van der Waals surface area contributed by atoms with Crippen LogP contribution in [0.3, 0.4) is 0 Å². The van der Waals surface area contributed by atoms with Gasteiger partial charge in [-0.25, -0.2) is 4.79 Å². The van der Waals surface area contributed by atoms with Gasteiger partial charge in [-0.05, 0) is 30.9 Å². The third-order valence-corrected chi connectivity index (χ3v) is 3.32. The van der Waals surface area contributed by atoms with Gasteiger partial charge in [0, 0.05) is 17.3 Å². The standard InChI is InChI=1S/C14H14N2O2/c17-14(18)13(9-5-6-9)16-12-7-8-15-11-4-2-1-3-10(11)12/h1-4,7-9,13H,5-6H2,(H,15,16)(H,17,18). The van der Waals surface area contributed by atoms with E-state index in [1.165, 1.54) is 0 Å². The molecule has 0 amide bonds. The fourth-order valence-electron chi connectivity index (χ4n) is 2.20. The van der Waals surface area contributed by atoms with Gasteiger partial charge in [0.2, 0.25) is 0 Å². The quantitative estimate of drug-likeness (QED) is 0.864. The molecule has 2 N–H and O–H groups in total. The van der Waals surface area contributed by atoms with Gasteiger partial charge in [0.05, 0.1) is 5.52 Å². The minimum Gasteiger partial charge on any atom is -0.480 e. The zero-order valence-corrected chi connectivity index (χ0v) is 9.84. The van der Waals surface area contributed by atoms with E-state index in [1.54, 1.807) is 6.20 Å². The van der Waals surface area contributed by atoms with Crippen molar-refractivity contribution < 1.29 is 9.90 Å². The third kappa shape index (κ3) is 2.01. The van der Waals surface area contributed by atoms with E-state index in [0.29, 0.717) is 0 Å². The number of rotatable bonds is 4. The average molecular weight is 242 g/mol. The molecule has 1 aliphatic carbocycles. The molecule has 92 valence electrons. The van der Waals surface area contributed by atoms with Crippen molar-refractivity contribution in [1.29, 1.82) is 0 Å². The average Bonchev–Trinajstić information content (AvgIpc) is 3.20. The zero-order chi connectivity index (χ0) is 12.5. The summed E-state index contributed by atoms with van der Waals surface area (Å²) in [7, 11) is 0. The van der Waals surface area contributed by atoms with Crippen molar-refractivity contribution in [2.24, 2.45) is 5.92 Å². The molecule has 1 heterocycles. The number of hydrogen-bond donors (Lipinski definition) is 2. The van der Waals surface area contributed by atoms with Crippen LogP contribution in [-0.4, -0.2) is 22.1 Å². The molecule has 2 aromatic rings. The van der Waals surface area contributed by atoms with Crippen LogP contribution in [0, 0.1) is 5.92 Å². The molecule has 4 nitrogen and oxygen atoms in total. The highest BCUT2D eigenvalue weighted by Crippen LogP contribution is 2.35. The Labute approximate surface area is 105 Å². The Bertz CT molecular complexity index is 588. The van der Waals surface area contributed by atoms with Crippen LogP contribution in [0.25, 0.3) is 10.9 Å². The first-order valence-electron chi connectivity index (χ1n) is 6.09. The first-order valence-corrected chi connectivity index (χ1v) is 6.09. The van der Waals surface area contributed by atoms with Crippen LogP contribution < -0.4 is 5.32 Å². The monoisotopic (exact) mass is 242 g/mol. The van der Waals surface area contributed by atoms with Gasteiger partial charge in [-0.15, -0.1) is 0 Å². The van der Waals surface area contributed by atoms with Crippen LogP contribution >= 0.6 is 0 Å². The lowest BCUT2D eigenvalue weighted by molar-refractivity contribution is -0.138. The number of benzene rings is 1. The molecule has 1 unspecified atom stereocenters. The maximum Gasteiger partial charge on any atom is 0.326 e. The molecule has 4 heteroatoms. The van der Waals surface area contributed by atoms with Crippen LogP contribution in [0.15, 0.2) is 36.5 Å². The van der Waals surface area contributed by atoms with Crippen molar-refractivity contribution in [2.45, 2.75) is 18.9 Å². The topological polar surface area (TPSA) is 62.2 Å². The van der Waals surface area contributed by atoms with Gasteiger partial charge in [-0.1, -0.05) is 18.2 Å². The fraction of sp³-hybridized carbons (Fsp3) is 0.286. The lowest BCUT2D eigenvalue weighted by Gasteiger charge is -2.16. The Morgan fingerprint density at radius 2 is 2.11 bits per heavy atom. The van der Waals surface area contributed by atoms with Crippen LogP contribution in [0.4, 0.5) is 5.69 Å². The second-order valence-corrected chi connectivity index (χ2v) is 4.67. The molecule has 1 fully saturated rings. The number of nitrogens with one attached hydrogen (secondary N) is 1. The Hall–Kier alpha value is -2.10. The first-order chi connectivity index (χ1) is 8.75. The largest absolute Gasteiger partial charge is 0.480 e. The summed E-state index contributed by atoms with van der Waals surface area (Å²) < 4.78 is 0. The normalized spacial score (nSPS) is 16.4. The van der Waals surface area contributed by atoms with Gasteiger partial charge in [0.1, 0.15) is 6.04 Å². The van der Waals surface area contributed by atoms with E-state index in [0.717, 1.165) is 29.4 Å². The maximum absolute atomic E-state index is 11.2. The van der Waals surface area contributed by atoms with Gasteiger partial charge in [-0.2, -0.15) is 0 Å². The van der Waals surface area contributed by atoms with E-state index in [9.17, 15) is 9.90 Å². The summed E-state index contributed by atoms with van der Waals surface area (Å²) in [6.45, 7) is 0. The van der Waals surface area contributed by atoms with Crippen LogP contribution in [0.5, 0.6) is 0 Å². The van der Waals surface area contributed by atoms with Crippen LogP contribution in [-0.2, 0) is 4.79 Å². The van der Waals surface area contributed by atoms with Gasteiger partial charge in [0.25, 0.3) is 0 Å². The molecular weight excluding hydrogens is 228 g/mol. The highest BCUT2D eigenvalue weighted by atomic mass is 16.4. The van der Waals surface area contributed by atoms with Gasteiger partial charge < -0.3 is 10.4 Å². The number of para-hydroxylation sites is 1. The van der Waals surface area contributed by atoms with E-state index in [2.05, 4.69) is 10.3 Å². The summed E-state index contributed by atoms with van der Waals surface area (Å²) in [5, 5.41) is 13.3. The number of fused-ring (bicyclic) bond motifs is 1. The minimum absolute atomic E-state index is 0.259. The number of nitrogens with zero attached hydrogens (tertiary/aromatic N) is 1.